The Morgan fingerprint density at radius 3 is 2.96 bits per heavy atom. The van der Waals surface area contributed by atoms with E-state index in [9.17, 15) is 14.4 Å². The van der Waals surface area contributed by atoms with Crippen molar-refractivity contribution < 1.29 is 28.7 Å². The highest BCUT2D eigenvalue weighted by Gasteiger charge is 2.53. The first kappa shape index (κ1) is 16.1. The largest absolute Gasteiger partial charge is 0.477 e. The van der Waals surface area contributed by atoms with E-state index >= 15 is 0 Å². The molecule has 0 spiro atoms. The lowest BCUT2D eigenvalue weighted by molar-refractivity contribution is -0.150. The number of nitrogens with one attached hydrogen (secondary N) is 1. The number of carboxylic acid groups (broad SMARTS) is 1. The summed E-state index contributed by atoms with van der Waals surface area (Å²) in [6.45, 7) is 0. The summed E-state index contributed by atoms with van der Waals surface area (Å²) in [7, 11) is 1.29. The van der Waals surface area contributed by atoms with Crippen LogP contribution in [-0.4, -0.2) is 57.8 Å². The lowest BCUT2D eigenvalue weighted by Crippen LogP contribution is -2.70. The van der Waals surface area contributed by atoms with Gasteiger partial charge in [0, 0.05) is 5.75 Å². The zero-order chi connectivity index (χ0) is 17.3. The number of furan rings is 1. The molecule has 0 saturated carbocycles. The lowest BCUT2D eigenvalue weighted by atomic mass is 10.0. The molecule has 24 heavy (non-hydrogen) atoms. The molecule has 2 amide bonds. The van der Waals surface area contributed by atoms with Gasteiger partial charge in [0.1, 0.15) is 24.2 Å². The van der Waals surface area contributed by atoms with Gasteiger partial charge in [-0.15, -0.1) is 11.8 Å². The summed E-state index contributed by atoms with van der Waals surface area (Å²) in [4.78, 5) is 41.6. The number of carbonyl (C=O) groups is 3. The Kier molecular flexibility index (Phi) is 4.30. The third-order valence-electron chi connectivity index (χ3n) is 3.50. The Morgan fingerprint density at radius 2 is 2.33 bits per heavy atom. The molecular weight excluding hydrogens is 338 g/mol. The molecule has 0 aliphatic carbocycles. The van der Waals surface area contributed by atoms with E-state index < -0.39 is 29.2 Å². The van der Waals surface area contributed by atoms with E-state index in [0.29, 0.717) is 5.75 Å². The highest BCUT2D eigenvalue weighted by molar-refractivity contribution is 8.00. The lowest BCUT2D eigenvalue weighted by Gasteiger charge is -2.48. The van der Waals surface area contributed by atoms with Crippen molar-refractivity contribution in [2.75, 3.05) is 12.9 Å². The van der Waals surface area contributed by atoms with Crippen LogP contribution in [0.3, 0.4) is 0 Å². The number of hydrogen-bond donors (Lipinski definition) is 2. The Hall–Kier alpha value is -2.75. The van der Waals surface area contributed by atoms with E-state index in [1.54, 1.807) is 6.07 Å². The van der Waals surface area contributed by atoms with Gasteiger partial charge in [0.2, 0.25) is 5.71 Å². The Morgan fingerprint density at radius 1 is 1.54 bits per heavy atom. The van der Waals surface area contributed by atoms with Crippen molar-refractivity contribution in [1.82, 2.24) is 10.2 Å². The van der Waals surface area contributed by atoms with Gasteiger partial charge in [0.05, 0.1) is 6.26 Å². The van der Waals surface area contributed by atoms with Crippen LogP contribution < -0.4 is 5.32 Å². The first-order chi connectivity index (χ1) is 11.5. The molecule has 0 radical (unpaired) electrons. The molecule has 1 saturated heterocycles. The topological polar surface area (TPSA) is 121 Å². The number of fused-ring (bicyclic) bond motifs is 1. The molecule has 2 atom stereocenters. The predicted octanol–water partition coefficient (Wildman–Crippen LogP) is -0.00150. The number of aliphatic carboxylic acids is 1. The van der Waals surface area contributed by atoms with E-state index in [0.717, 1.165) is 0 Å². The van der Waals surface area contributed by atoms with Crippen molar-refractivity contribution in [2.45, 2.75) is 11.4 Å². The van der Waals surface area contributed by atoms with Crippen molar-refractivity contribution in [3.05, 3.63) is 35.9 Å². The molecular formula is C14H13N3O6S. The van der Waals surface area contributed by atoms with Crippen molar-refractivity contribution in [3.63, 3.8) is 0 Å². The van der Waals surface area contributed by atoms with Gasteiger partial charge in [-0.3, -0.25) is 14.5 Å². The number of oxime groups is 1. The normalized spacial score (nSPS) is 23.0. The summed E-state index contributed by atoms with van der Waals surface area (Å²) in [5.41, 5.74) is -0.172. The summed E-state index contributed by atoms with van der Waals surface area (Å²) in [5, 5.41) is 14.8. The number of carbonyl (C=O) groups excluding carboxylic acids is 2. The molecule has 1 unspecified atom stereocenters. The average molecular weight is 351 g/mol. The van der Waals surface area contributed by atoms with Gasteiger partial charge < -0.3 is 19.7 Å². The fourth-order valence-corrected chi connectivity index (χ4v) is 3.65. The highest BCUT2D eigenvalue weighted by atomic mass is 32.2. The molecule has 9 nitrogen and oxygen atoms in total. The third-order valence-corrected chi connectivity index (χ3v) is 4.69. The smallest absolute Gasteiger partial charge is 0.352 e. The molecule has 10 heteroatoms. The quantitative estimate of drug-likeness (QED) is 0.435. The second-order valence-corrected chi connectivity index (χ2v) is 6.03. The molecule has 3 rings (SSSR count). The molecule has 1 aromatic heterocycles. The van der Waals surface area contributed by atoms with E-state index in [1.807, 2.05) is 0 Å². The fourth-order valence-electron chi connectivity index (χ4n) is 2.45. The molecule has 126 valence electrons. The van der Waals surface area contributed by atoms with Crippen LogP contribution in [0.2, 0.25) is 0 Å². The Labute approximate surface area is 140 Å². The maximum atomic E-state index is 12.4. The zero-order valence-corrected chi connectivity index (χ0v) is 13.3. The zero-order valence-electron chi connectivity index (χ0n) is 12.5. The van der Waals surface area contributed by atoms with Crippen LogP contribution in [0.1, 0.15) is 5.76 Å². The molecule has 1 aromatic rings. The van der Waals surface area contributed by atoms with Crippen LogP contribution in [0.5, 0.6) is 0 Å². The minimum absolute atomic E-state index is 0.0638. The van der Waals surface area contributed by atoms with Crippen molar-refractivity contribution >= 4 is 35.3 Å². The maximum absolute atomic E-state index is 12.4. The van der Waals surface area contributed by atoms with Crippen LogP contribution in [0.15, 0.2) is 39.7 Å². The first-order valence-electron chi connectivity index (χ1n) is 6.88. The number of amides is 2. The second kappa shape index (κ2) is 6.40. The Bertz CT molecular complexity index is 742. The van der Waals surface area contributed by atoms with Gasteiger partial charge in [0.15, 0.2) is 5.76 Å². The summed E-state index contributed by atoms with van der Waals surface area (Å²) >= 11 is 1.37. The van der Waals surface area contributed by atoms with Crippen molar-refractivity contribution in [1.29, 1.82) is 0 Å². The van der Waals surface area contributed by atoms with Gasteiger partial charge >= 0.3 is 5.97 Å². The predicted molar refractivity (Wildman–Crippen MR) is 83.0 cm³/mol. The minimum Gasteiger partial charge on any atom is -0.477 e. The van der Waals surface area contributed by atoms with E-state index in [-0.39, 0.29) is 17.2 Å². The maximum Gasteiger partial charge on any atom is 0.352 e. The monoisotopic (exact) mass is 351 g/mol. The summed E-state index contributed by atoms with van der Waals surface area (Å²) in [6.07, 6.45) is 2.85. The third kappa shape index (κ3) is 2.64. The molecule has 2 N–H and O–H groups in total. The second-order valence-electron chi connectivity index (χ2n) is 4.88. The van der Waals surface area contributed by atoms with E-state index in [4.69, 9.17) is 9.52 Å². The summed E-state index contributed by atoms with van der Waals surface area (Å²) in [5.74, 6) is -1.65. The summed E-state index contributed by atoms with van der Waals surface area (Å²) < 4.78 is 5.13. The fraction of sp³-hybridized carbons (Fsp3) is 0.286. The molecule has 0 bridgehead atoms. The molecule has 1 fully saturated rings. The molecule has 2 aliphatic heterocycles. The van der Waals surface area contributed by atoms with Crippen LogP contribution in [0, 0.1) is 0 Å². The standard InChI is InChI=1S/C14H13N3O6S/c1-22-16-9(8-3-2-5-23-8)11(18)15-10-12(19)17-7(14(20)21)4-6-24-13(10)17/h2-5,10,13H,6H2,1H3,(H,15,18)(H,20,21)/b16-9-/t10?,13-/m1/s1. The number of nitrogens with zero attached hydrogens (tertiary/aromatic N) is 2. The first-order valence-corrected chi connectivity index (χ1v) is 7.93. The number of carboxylic acids is 1. The van der Waals surface area contributed by atoms with Gasteiger partial charge in [0.25, 0.3) is 11.8 Å². The van der Waals surface area contributed by atoms with Gasteiger partial charge in [-0.25, -0.2) is 4.79 Å². The van der Waals surface area contributed by atoms with Gasteiger partial charge in [-0.05, 0) is 18.2 Å². The molecule has 3 heterocycles. The van der Waals surface area contributed by atoms with Crippen molar-refractivity contribution in [3.8, 4) is 0 Å². The molecule has 0 aromatic carbocycles. The van der Waals surface area contributed by atoms with Crippen LogP contribution >= 0.6 is 11.8 Å². The number of hydrogen-bond acceptors (Lipinski definition) is 7. The number of β-lactam (4-membered cyclic amide) rings is 1. The number of rotatable bonds is 5. The minimum atomic E-state index is -1.17. The van der Waals surface area contributed by atoms with E-state index in [2.05, 4.69) is 15.3 Å². The highest BCUT2D eigenvalue weighted by Crippen LogP contribution is 2.37. The number of thioether (sulfide) groups is 1. The Balaban J connectivity index is 1.74. The SMILES string of the molecule is CO/N=C(\C(=O)NC1C(=O)N2C(C(=O)O)=CCS[C@H]12)c1ccco1. The average Bonchev–Trinajstić information content (AvgIpc) is 3.10. The van der Waals surface area contributed by atoms with Gasteiger partial charge in [-0.1, -0.05) is 5.16 Å². The van der Waals surface area contributed by atoms with Crippen LogP contribution in [-0.2, 0) is 19.2 Å². The van der Waals surface area contributed by atoms with Crippen molar-refractivity contribution in [2.24, 2.45) is 5.16 Å². The van der Waals surface area contributed by atoms with Crippen LogP contribution in [0.4, 0.5) is 0 Å². The molecule has 2 aliphatic rings. The van der Waals surface area contributed by atoms with Crippen LogP contribution in [0.25, 0.3) is 0 Å². The van der Waals surface area contributed by atoms with E-state index in [1.165, 1.54) is 42.2 Å². The van der Waals surface area contributed by atoms with Gasteiger partial charge in [-0.2, -0.15) is 0 Å². The summed E-state index contributed by atoms with van der Waals surface area (Å²) in [6, 6.07) is 2.29.